The molecule has 5 heteroatoms. The van der Waals surface area contributed by atoms with Crippen LogP contribution in [0.15, 0.2) is 47.1 Å². The van der Waals surface area contributed by atoms with Crippen molar-refractivity contribution in [3.05, 3.63) is 47.1 Å². The lowest BCUT2D eigenvalue weighted by Crippen LogP contribution is -2.34. The van der Waals surface area contributed by atoms with E-state index >= 15 is 0 Å². The summed E-state index contributed by atoms with van der Waals surface area (Å²) in [6.45, 7) is 11.0. The zero-order valence-corrected chi connectivity index (χ0v) is 15.2. The molecule has 0 aromatic carbocycles. The van der Waals surface area contributed by atoms with E-state index in [4.69, 9.17) is 9.47 Å². The number of hydrogen-bond donors (Lipinski definition) is 1. The molecule has 0 amide bonds. The second-order valence-corrected chi connectivity index (χ2v) is 6.75. The second kappa shape index (κ2) is 7.83. The highest BCUT2D eigenvalue weighted by atomic mass is 16.6. The number of rotatable bonds is 2. The van der Waals surface area contributed by atoms with E-state index in [2.05, 4.69) is 6.58 Å². The lowest BCUT2D eigenvalue weighted by molar-refractivity contribution is -0.147. The van der Waals surface area contributed by atoms with Gasteiger partial charge in [-0.05, 0) is 45.8 Å². The van der Waals surface area contributed by atoms with Gasteiger partial charge in [0.25, 0.3) is 0 Å². The number of esters is 2. The minimum absolute atomic E-state index is 0.299. The molecule has 1 aliphatic carbocycles. The molecule has 0 aromatic rings. The molecule has 5 nitrogen and oxygen atoms in total. The Bertz CT molecular complexity index is 668. The Morgan fingerprint density at radius 1 is 1.44 bits per heavy atom. The van der Waals surface area contributed by atoms with Crippen molar-refractivity contribution in [2.24, 2.45) is 5.92 Å². The molecule has 1 heterocycles. The van der Waals surface area contributed by atoms with Crippen LogP contribution in [0.5, 0.6) is 0 Å². The Hall–Kier alpha value is -2.14. The average molecular weight is 346 g/mol. The van der Waals surface area contributed by atoms with Crippen LogP contribution in [0.2, 0.25) is 0 Å². The van der Waals surface area contributed by atoms with Crippen molar-refractivity contribution in [2.75, 3.05) is 0 Å². The minimum atomic E-state index is -0.632. The van der Waals surface area contributed by atoms with Crippen molar-refractivity contribution in [1.29, 1.82) is 0 Å². The summed E-state index contributed by atoms with van der Waals surface area (Å²) in [5.74, 6) is -1.37. The summed E-state index contributed by atoms with van der Waals surface area (Å²) >= 11 is 0. The molecule has 2 aliphatic rings. The topological polar surface area (TPSA) is 72.8 Å². The lowest BCUT2D eigenvalue weighted by atomic mass is 9.85. The summed E-state index contributed by atoms with van der Waals surface area (Å²) in [5.41, 5.74) is 2.51. The van der Waals surface area contributed by atoms with E-state index in [1.165, 1.54) is 0 Å². The molecule has 1 fully saturated rings. The van der Waals surface area contributed by atoms with Gasteiger partial charge in [0.1, 0.15) is 12.2 Å². The maximum absolute atomic E-state index is 12.3. The first-order valence-electron chi connectivity index (χ1n) is 8.50. The quantitative estimate of drug-likeness (QED) is 0.473. The number of aliphatic hydroxyl groups is 1. The SMILES string of the molecule is C=C1C(=O)O[C@H]2/C=C(/C)[C@@H](O)C/C=C(\C)C[C@H](OC(=O)/C(C)=C\C)[C@@H]12. The average Bonchev–Trinajstić information content (AvgIpc) is 2.84. The third-order valence-electron chi connectivity index (χ3n) is 4.84. The molecule has 4 atom stereocenters. The van der Waals surface area contributed by atoms with Crippen molar-refractivity contribution < 1.29 is 24.2 Å². The Labute approximate surface area is 148 Å². The predicted molar refractivity (Wildman–Crippen MR) is 94.6 cm³/mol. The molecule has 2 rings (SSSR count). The van der Waals surface area contributed by atoms with Gasteiger partial charge in [-0.1, -0.05) is 24.3 Å². The van der Waals surface area contributed by atoms with E-state index in [1.807, 2.05) is 13.0 Å². The lowest BCUT2D eigenvalue weighted by Gasteiger charge is -2.28. The Balaban J connectivity index is 2.42. The van der Waals surface area contributed by atoms with Gasteiger partial charge in [0, 0.05) is 17.6 Å². The number of fused-ring (bicyclic) bond motifs is 1. The van der Waals surface area contributed by atoms with Crippen molar-refractivity contribution in [1.82, 2.24) is 0 Å². The molecule has 0 bridgehead atoms. The number of carbonyl (C=O) groups excluding carboxylic acids is 2. The standard InChI is InChI=1S/C20H26O5/c1-6-12(3)19(22)24-16-9-11(2)7-8-15(21)13(4)10-17-18(16)14(5)20(23)25-17/h6-7,10,15-18,21H,5,8-9H2,1-4H3/b11-7+,12-6-,13-10-/t15-,16-,17-,18+/m0/s1. The number of allylic oxidation sites excluding steroid dienone is 1. The highest BCUT2D eigenvalue weighted by Crippen LogP contribution is 2.36. The van der Waals surface area contributed by atoms with Crippen LogP contribution in [0.1, 0.15) is 40.5 Å². The zero-order valence-electron chi connectivity index (χ0n) is 15.2. The van der Waals surface area contributed by atoms with Gasteiger partial charge in [0.2, 0.25) is 0 Å². The maximum Gasteiger partial charge on any atom is 0.334 e. The first kappa shape index (κ1) is 19.2. The second-order valence-electron chi connectivity index (χ2n) is 6.75. The third kappa shape index (κ3) is 4.28. The summed E-state index contributed by atoms with van der Waals surface area (Å²) in [6, 6.07) is 0. The van der Waals surface area contributed by atoms with Crippen LogP contribution >= 0.6 is 0 Å². The summed E-state index contributed by atoms with van der Waals surface area (Å²) in [6.07, 6.45) is 4.51. The van der Waals surface area contributed by atoms with Gasteiger partial charge < -0.3 is 14.6 Å². The van der Waals surface area contributed by atoms with Crippen molar-refractivity contribution >= 4 is 11.9 Å². The number of hydrogen-bond acceptors (Lipinski definition) is 5. The molecule has 1 N–H and O–H groups in total. The van der Waals surface area contributed by atoms with Gasteiger partial charge in [-0.15, -0.1) is 0 Å². The minimum Gasteiger partial charge on any atom is -0.458 e. The van der Waals surface area contributed by atoms with E-state index < -0.39 is 36.2 Å². The van der Waals surface area contributed by atoms with Crippen molar-refractivity contribution in [3.8, 4) is 0 Å². The van der Waals surface area contributed by atoms with Crippen molar-refractivity contribution in [2.45, 2.75) is 58.8 Å². The molecular weight excluding hydrogens is 320 g/mol. The zero-order chi connectivity index (χ0) is 18.7. The van der Waals surface area contributed by atoms with Crippen molar-refractivity contribution in [3.63, 3.8) is 0 Å². The van der Waals surface area contributed by atoms with E-state index in [9.17, 15) is 14.7 Å². The Morgan fingerprint density at radius 2 is 2.12 bits per heavy atom. The highest BCUT2D eigenvalue weighted by molar-refractivity contribution is 5.92. The van der Waals surface area contributed by atoms with Crippen LogP contribution in [0.25, 0.3) is 0 Å². The highest BCUT2D eigenvalue weighted by Gasteiger charge is 2.44. The summed E-state index contributed by atoms with van der Waals surface area (Å²) in [5, 5.41) is 10.2. The van der Waals surface area contributed by atoms with Crippen LogP contribution in [-0.4, -0.2) is 35.4 Å². The van der Waals surface area contributed by atoms with Crippen LogP contribution in [-0.2, 0) is 19.1 Å². The first-order chi connectivity index (χ1) is 11.7. The van der Waals surface area contributed by atoms with Crippen LogP contribution in [0, 0.1) is 5.92 Å². The largest absolute Gasteiger partial charge is 0.458 e. The maximum atomic E-state index is 12.3. The fourth-order valence-corrected chi connectivity index (χ4v) is 3.04. The van der Waals surface area contributed by atoms with Gasteiger partial charge in [-0.2, -0.15) is 0 Å². The van der Waals surface area contributed by atoms with E-state index in [0.717, 1.165) is 11.1 Å². The third-order valence-corrected chi connectivity index (χ3v) is 4.84. The molecule has 0 radical (unpaired) electrons. The van der Waals surface area contributed by atoms with Gasteiger partial charge in [0.15, 0.2) is 0 Å². The normalized spacial score (nSPS) is 35.0. The molecule has 136 valence electrons. The number of carbonyl (C=O) groups is 2. The number of aliphatic hydroxyl groups excluding tert-OH is 1. The molecule has 0 aromatic heterocycles. The van der Waals surface area contributed by atoms with Gasteiger partial charge >= 0.3 is 11.9 Å². The van der Waals surface area contributed by atoms with Gasteiger partial charge in [0.05, 0.1) is 12.0 Å². The first-order valence-corrected chi connectivity index (χ1v) is 8.50. The Kier molecular flexibility index (Phi) is 6.01. The fourth-order valence-electron chi connectivity index (χ4n) is 3.04. The fraction of sp³-hybridized carbons (Fsp3) is 0.500. The monoisotopic (exact) mass is 346 g/mol. The molecule has 0 spiro atoms. The molecule has 1 aliphatic heterocycles. The molecule has 25 heavy (non-hydrogen) atoms. The van der Waals surface area contributed by atoms with E-state index in [-0.39, 0.29) is 0 Å². The van der Waals surface area contributed by atoms with Gasteiger partial charge in [-0.3, -0.25) is 0 Å². The molecule has 0 unspecified atom stereocenters. The van der Waals surface area contributed by atoms with Crippen LogP contribution in [0.4, 0.5) is 0 Å². The van der Waals surface area contributed by atoms with E-state index in [0.29, 0.717) is 24.0 Å². The van der Waals surface area contributed by atoms with Crippen LogP contribution < -0.4 is 0 Å². The summed E-state index contributed by atoms with van der Waals surface area (Å²) in [4.78, 5) is 24.3. The molecule has 1 saturated heterocycles. The molecular formula is C20H26O5. The predicted octanol–water partition coefficient (Wildman–Crippen LogP) is 3.01. The molecule has 0 saturated carbocycles. The van der Waals surface area contributed by atoms with Crippen LogP contribution in [0.3, 0.4) is 0 Å². The smallest absolute Gasteiger partial charge is 0.334 e. The van der Waals surface area contributed by atoms with E-state index in [1.54, 1.807) is 32.9 Å². The van der Waals surface area contributed by atoms with Gasteiger partial charge in [-0.25, -0.2) is 9.59 Å². The number of ether oxygens (including phenoxy) is 2. The summed E-state index contributed by atoms with van der Waals surface area (Å²) in [7, 11) is 0. The Morgan fingerprint density at radius 3 is 2.76 bits per heavy atom. The summed E-state index contributed by atoms with van der Waals surface area (Å²) < 4.78 is 11.1.